The maximum atomic E-state index is 4.16. The van der Waals surface area contributed by atoms with Gasteiger partial charge < -0.3 is 9.88 Å². The van der Waals surface area contributed by atoms with Gasteiger partial charge in [-0.1, -0.05) is 18.2 Å². The minimum atomic E-state index is 0.926. The molecule has 0 spiro atoms. The Morgan fingerprint density at radius 1 is 0.958 bits per heavy atom. The van der Waals surface area contributed by atoms with Gasteiger partial charge in [-0.3, -0.25) is 9.58 Å². The van der Waals surface area contributed by atoms with Crippen molar-refractivity contribution in [1.82, 2.24) is 29.5 Å². The highest BCUT2D eigenvalue weighted by Gasteiger charge is 2.16. The molecule has 1 aliphatic rings. The van der Waals surface area contributed by atoms with E-state index in [1.54, 1.807) is 12.7 Å². The second-order valence-corrected chi connectivity index (χ2v) is 6.45. The summed E-state index contributed by atoms with van der Waals surface area (Å²) < 4.78 is 1.91. The highest BCUT2D eigenvalue weighted by Crippen LogP contribution is 2.18. The lowest BCUT2D eigenvalue weighted by Gasteiger charge is -2.34. The highest BCUT2D eigenvalue weighted by atomic mass is 15.3. The van der Waals surface area contributed by atoms with Crippen LogP contribution in [0.15, 0.2) is 43.1 Å². The van der Waals surface area contributed by atoms with Crippen molar-refractivity contribution in [3.05, 3.63) is 48.7 Å². The van der Waals surface area contributed by atoms with Gasteiger partial charge in [-0.2, -0.15) is 5.10 Å². The van der Waals surface area contributed by atoms with Gasteiger partial charge in [-0.25, -0.2) is 4.98 Å². The zero-order valence-corrected chi connectivity index (χ0v) is 13.9. The monoisotopic (exact) mass is 324 g/mol. The lowest BCUT2D eigenvalue weighted by Crippen LogP contribution is -2.47. The van der Waals surface area contributed by atoms with Crippen LogP contribution in [0.3, 0.4) is 0 Å². The number of aromatic nitrogens is 4. The van der Waals surface area contributed by atoms with Crippen molar-refractivity contribution >= 4 is 10.9 Å². The third-order valence-electron chi connectivity index (χ3n) is 4.95. The van der Waals surface area contributed by atoms with E-state index in [-0.39, 0.29) is 0 Å². The molecular formula is C18H24N6. The van der Waals surface area contributed by atoms with Crippen LogP contribution in [0, 0.1) is 0 Å². The summed E-state index contributed by atoms with van der Waals surface area (Å²) in [5.41, 5.74) is 2.67. The van der Waals surface area contributed by atoms with Crippen LogP contribution >= 0.6 is 0 Å². The fourth-order valence-corrected chi connectivity index (χ4v) is 3.45. The second-order valence-electron chi connectivity index (χ2n) is 6.45. The molecule has 6 heteroatoms. The van der Waals surface area contributed by atoms with E-state index < -0.39 is 0 Å². The molecule has 1 fully saturated rings. The van der Waals surface area contributed by atoms with Crippen molar-refractivity contribution in [1.29, 1.82) is 0 Å². The molecule has 0 amide bonds. The summed E-state index contributed by atoms with van der Waals surface area (Å²) in [7, 11) is 0. The Hall–Kier alpha value is -2.18. The molecule has 2 aromatic heterocycles. The van der Waals surface area contributed by atoms with Crippen molar-refractivity contribution < 1.29 is 0 Å². The van der Waals surface area contributed by atoms with Crippen LogP contribution in [0.1, 0.15) is 5.56 Å². The van der Waals surface area contributed by atoms with Gasteiger partial charge in [0.25, 0.3) is 0 Å². The summed E-state index contributed by atoms with van der Waals surface area (Å²) in [6.07, 6.45) is 6.67. The maximum Gasteiger partial charge on any atom is 0.137 e. The molecule has 4 rings (SSSR count). The molecule has 0 radical (unpaired) electrons. The molecule has 126 valence electrons. The minimum Gasteiger partial charge on any atom is -0.361 e. The van der Waals surface area contributed by atoms with Crippen LogP contribution in [0.4, 0.5) is 0 Å². The number of fused-ring (bicyclic) bond motifs is 1. The number of nitrogens with zero attached hydrogens (tertiary/aromatic N) is 5. The molecule has 24 heavy (non-hydrogen) atoms. The SMILES string of the molecule is c1ccc2c(CCN3CCN(CCn4cncn4)CC3)c[nH]c2c1. The van der Waals surface area contributed by atoms with E-state index in [4.69, 9.17) is 0 Å². The molecule has 1 N–H and O–H groups in total. The van der Waals surface area contributed by atoms with Crippen molar-refractivity contribution in [2.24, 2.45) is 0 Å². The summed E-state index contributed by atoms with van der Waals surface area (Å²) in [6, 6.07) is 8.56. The van der Waals surface area contributed by atoms with Gasteiger partial charge >= 0.3 is 0 Å². The third-order valence-corrected chi connectivity index (χ3v) is 4.95. The number of aromatic amines is 1. The van der Waals surface area contributed by atoms with Crippen LogP contribution in [-0.2, 0) is 13.0 Å². The van der Waals surface area contributed by atoms with Gasteiger partial charge in [0.05, 0.1) is 6.54 Å². The lowest BCUT2D eigenvalue weighted by molar-refractivity contribution is 0.129. The predicted molar refractivity (Wildman–Crippen MR) is 94.9 cm³/mol. The first-order valence-corrected chi connectivity index (χ1v) is 8.70. The third kappa shape index (κ3) is 3.49. The van der Waals surface area contributed by atoms with Gasteiger partial charge in [-0.05, 0) is 18.1 Å². The molecule has 0 saturated carbocycles. The molecule has 0 atom stereocenters. The summed E-state index contributed by atoms with van der Waals surface area (Å²) >= 11 is 0. The van der Waals surface area contributed by atoms with Crippen LogP contribution in [0.2, 0.25) is 0 Å². The fraction of sp³-hybridized carbons (Fsp3) is 0.444. The Labute approximate surface area is 142 Å². The number of rotatable bonds is 6. The quantitative estimate of drug-likeness (QED) is 0.749. The smallest absolute Gasteiger partial charge is 0.137 e. The molecule has 0 bridgehead atoms. The molecule has 3 aromatic rings. The first-order chi connectivity index (χ1) is 11.9. The lowest BCUT2D eigenvalue weighted by atomic mass is 10.1. The molecular weight excluding hydrogens is 300 g/mol. The standard InChI is InChI=1S/C18H24N6/c1-2-4-18-17(3-1)16(13-20-18)5-6-22-7-9-23(10-8-22)11-12-24-15-19-14-21-24/h1-4,13-15,20H,5-12H2. The first-order valence-electron chi connectivity index (χ1n) is 8.70. The molecule has 0 aliphatic carbocycles. The Balaban J connectivity index is 1.23. The Bertz CT molecular complexity index is 755. The number of para-hydroxylation sites is 1. The van der Waals surface area contributed by atoms with Crippen LogP contribution in [0.25, 0.3) is 10.9 Å². The first kappa shape index (κ1) is 15.4. The minimum absolute atomic E-state index is 0.926. The summed E-state index contributed by atoms with van der Waals surface area (Å²) in [5.74, 6) is 0. The molecule has 1 aromatic carbocycles. The van der Waals surface area contributed by atoms with Crippen molar-refractivity contribution in [3.8, 4) is 0 Å². The largest absolute Gasteiger partial charge is 0.361 e. The summed E-state index contributed by atoms with van der Waals surface area (Å²) in [4.78, 5) is 12.5. The average molecular weight is 324 g/mol. The molecule has 3 heterocycles. The number of nitrogens with one attached hydrogen (secondary N) is 1. The summed E-state index contributed by atoms with van der Waals surface area (Å²) in [5, 5.41) is 5.53. The molecule has 1 saturated heterocycles. The highest BCUT2D eigenvalue weighted by molar-refractivity contribution is 5.83. The van der Waals surface area contributed by atoms with Gasteiger partial charge in [0.1, 0.15) is 12.7 Å². The number of hydrogen-bond acceptors (Lipinski definition) is 4. The Morgan fingerprint density at radius 3 is 2.54 bits per heavy atom. The second kappa shape index (κ2) is 7.15. The Kier molecular flexibility index (Phi) is 4.57. The fourth-order valence-electron chi connectivity index (χ4n) is 3.45. The van der Waals surface area contributed by atoms with Crippen molar-refractivity contribution in [3.63, 3.8) is 0 Å². The van der Waals surface area contributed by atoms with Gasteiger partial charge in [-0.15, -0.1) is 0 Å². The number of H-pyrrole nitrogens is 1. The molecule has 6 nitrogen and oxygen atoms in total. The van der Waals surface area contributed by atoms with Crippen LogP contribution in [0.5, 0.6) is 0 Å². The van der Waals surface area contributed by atoms with Gasteiger partial charge in [0.2, 0.25) is 0 Å². The van der Waals surface area contributed by atoms with E-state index in [2.05, 4.69) is 55.3 Å². The molecule has 0 unspecified atom stereocenters. The van der Waals surface area contributed by atoms with E-state index in [1.807, 2.05) is 4.68 Å². The number of benzene rings is 1. The van der Waals surface area contributed by atoms with E-state index >= 15 is 0 Å². The Morgan fingerprint density at radius 2 is 1.75 bits per heavy atom. The summed E-state index contributed by atoms with van der Waals surface area (Å²) in [6.45, 7) is 7.71. The van der Waals surface area contributed by atoms with E-state index in [9.17, 15) is 0 Å². The van der Waals surface area contributed by atoms with Crippen LogP contribution in [-0.4, -0.2) is 68.8 Å². The topological polar surface area (TPSA) is 53.0 Å². The van der Waals surface area contributed by atoms with Crippen molar-refractivity contribution in [2.45, 2.75) is 13.0 Å². The number of piperazine rings is 1. The van der Waals surface area contributed by atoms with Crippen molar-refractivity contribution in [2.75, 3.05) is 39.3 Å². The van der Waals surface area contributed by atoms with E-state index in [1.165, 1.54) is 16.5 Å². The zero-order chi connectivity index (χ0) is 16.2. The van der Waals surface area contributed by atoms with Gasteiger partial charge in [0.15, 0.2) is 0 Å². The number of hydrogen-bond donors (Lipinski definition) is 1. The zero-order valence-electron chi connectivity index (χ0n) is 13.9. The van der Waals surface area contributed by atoms with Gasteiger partial charge in [0, 0.05) is 56.4 Å². The predicted octanol–water partition coefficient (Wildman–Crippen LogP) is 1.62. The van der Waals surface area contributed by atoms with E-state index in [0.717, 1.165) is 52.2 Å². The maximum absolute atomic E-state index is 4.16. The van der Waals surface area contributed by atoms with Crippen LogP contribution < -0.4 is 0 Å². The molecule has 1 aliphatic heterocycles. The average Bonchev–Trinajstić information content (AvgIpc) is 3.29. The van der Waals surface area contributed by atoms with E-state index in [0.29, 0.717) is 0 Å². The normalized spacial score (nSPS) is 16.8.